The van der Waals surface area contributed by atoms with E-state index in [2.05, 4.69) is 10.6 Å². The van der Waals surface area contributed by atoms with E-state index in [9.17, 15) is 14.7 Å². The van der Waals surface area contributed by atoms with Crippen LogP contribution in [0.15, 0.2) is 54.7 Å². The van der Waals surface area contributed by atoms with Gasteiger partial charge in [0.15, 0.2) is 4.80 Å². The molecule has 10 heteroatoms. The molecule has 1 fully saturated rings. The third-order valence-electron chi connectivity index (χ3n) is 5.14. The fourth-order valence-electron chi connectivity index (χ4n) is 3.61. The Balaban J connectivity index is 1.44. The fourth-order valence-corrected chi connectivity index (χ4v) is 4.45. The first-order valence-electron chi connectivity index (χ1n) is 9.96. The summed E-state index contributed by atoms with van der Waals surface area (Å²) in [4.78, 5) is 28.4. The van der Waals surface area contributed by atoms with Gasteiger partial charge in [-0.2, -0.15) is 0 Å². The first kappa shape index (κ1) is 22.1. The molecule has 1 aliphatic heterocycles. The highest BCUT2D eigenvalue weighted by Gasteiger charge is 2.39. The first-order valence-corrected chi connectivity index (χ1v) is 11.2. The molecule has 0 bridgehead atoms. The van der Waals surface area contributed by atoms with Crippen LogP contribution in [0.5, 0.6) is 0 Å². The molecule has 0 spiro atoms. The lowest BCUT2D eigenvalue weighted by Crippen LogP contribution is -2.45. The molecule has 8 nitrogen and oxygen atoms in total. The minimum absolute atomic E-state index is 0.0663. The molecule has 1 aliphatic rings. The lowest BCUT2D eigenvalue weighted by molar-refractivity contribution is -0.119. The van der Waals surface area contributed by atoms with Crippen LogP contribution < -0.4 is 15.4 Å². The number of thiazole rings is 1. The molecule has 4 rings (SSSR count). The van der Waals surface area contributed by atoms with Gasteiger partial charge >= 0.3 is 6.03 Å². The lowest BCUT2D eigenvalue weighted by Gasteiger charge is -2.24. The second kappa shape index (κ2) is 9.15. The van der Waals surface area contributed by atoms with E-state index in [-0.39, 0.29) is 18.9 Å². The number of nitrogens with zero attached hydrogens (tertiary/aromatic N) is 2. The molecule has 166 valence electrons. The number of carbonyl (C=O) groups excluding carboxylic acids is 2. The summed E-state index contributed by atoms with van der Waals surface area (Å²) in [5.74, 6) is -0.374. The Morgan fingerprint density at radius 1 is 1.09 bits per heavy atom. The fraction of sp³-hybridized carbons (Fsp3) is 0.227. The molecule has 3 aromatic rings. The van der Waals surface area contributed by atoms with Crippen LogP contribution in [0.2, 0.25) is 5.02 Å². The van der Waals surface area contributed by atoms with E-state index in [1.54, 1.807) is 41.0 Å². The van der Waals surface area contributed by atoms with Gasteiger partial charge in [0.2, 0.25) is 5.91 Å². The number of halogens is 1. The lowest BCUT2D eigenvalue weighted by atomic mass is 10.1. The Hall–Kier alpha value is -3.14. The van der Waals surface area contributed by atoms with Crippen molar-refractivity contribution in [2.75, 3.05) is 17.2 Å². The predicted octanol–water partition coefficient (Wildman–Crippen LogP) is 3.59. The summed E-state index contributed by atoms with van der Waals surface area (Å²) in [5.41, 5.74) is 1.93. The van der Waals surface area contributed by atoms with Gasteiger partial charge in [-0.25, -0.2) is 4.79 Å². The number of benzene rings is 2. The van der Waals surface area contributed by atoms with E-state index in [1.165, 1.54) is 16.2 Å². The number of aromatic nitrogens is 1. The average molecular weight is 472 g/mol. The van der Waals surface area contributed by atoms with Crippen LogP contribution in [-0.2, 0) is 4.79 Å². The Kier molecular flexibility index (Phi) is 6.31. The van der Waals surface area contributed by atoms with Gasteiger partial charge in [0.1, 0.15) is 6.04 Å². The maximum Gasteiger partial charge on any atom is 0.322 e. The van der Waals surface area contributed by atoms with Crippen LogP contribution in [-0.4, -0.2) is 45.2 Å². The molecule has 2 heterocycles. The van der Waals surface area contributed by atoms with E-state index in [0.29, 0.717) is 21.2 Å². The minimum atomic E-state index is -0.800. The topological polar surface area (TPSA) is 110 Å². The maximum atomic E-state index is 12.9. The number of rotatable bonds is 4. The number of likely N-dealkylation sites (tertiary alicyclic amines) is 1. The second-order valence-electron chi connectivity index (χ2n) is 7.55. The number of hydrogen-bond acceptors (Lipinski definition) is 5. The predicted molar refractivity (Wildman–Crippen MR) is 124 cm³/mol. The van der Waals surface area contributed by atoms with Gasteiger partial charge in [-0.15, -0.1) is 11.3 Å². The molecule has 0 saturated carbocycles. The molecule has 2 atom stereocenters. The number of aliphatic hydroxyl groups is 1. The summed E-state index contributed by atoms with van der Waals surface area (Å²) in [5, 5.41) is 24.2. The van der Waals surface area contributed by atoms with Gasteiger partial charge in [-0.05, 0) is 55.5 Å². The smallest absolute Gasteiger partial charge is 0.322 e. The summed E-state index contributed by atoms with van der Waals surface area (Å²) in [7, 11) is 0. The van der Waals surface area contributed by atoms with Gasteiger partial charge < -0.3 is 20.6 Å². The average Bonchev–Trinajstić information content (AvgIpc) is 3.32. The van der Waals surface area contributed by atoms with Crippen LogP contribution in [0.25, 0.3) is 5.69 Å². The molecule has 0 radical (unpaired) electrons. The van der Waals surface area contributed by atoms with Crippen LogP contribution >= 0.6 is 22.9 Å². The van der Waals surface area contributed by atoms with Gasteiger partial charge in [0.25, 0.3) is 0 Å². The summed E-state index contributed by atoms with van der Waals surface area (Å²) < 4.78 is 1.77. The number of aryl methyl sites for hydroxylation is 1. The van der Waals surface area contributed by atoms with Gasteiger partial charge in [0, 0.05) is 46.1 Å². The third kappa shape index (κ3) is 4.85. The SMILES string of the molecule is Cc1cn(-c2ccc(NC(=O)[C@H]3C[C@@H](O)CN3C(=O)Nc3ccc(Cl)cc3)cc2)c(=N)s1. The minimum Gasteiger partial charge on any atom is -0.391 e. The van der Waals surface area contributed by atoms with Gasteiger partial charge in [-0.3, -0.25) is 14.8 Å². The van der Waals surface area contributed by atoms with Crippen molar-refractivity contribution in [1.29, 1.82) is 5.41 Å². The molecule has 3 amide bonds. The largest absolute Gasteiger partial charge is 0.391 e. The normalized spacial score (nSPS) is 17.9. The number of aliphatic hydroxyl groups excluding tert-OH is 1. The highest BCUT2D eigenvalue weighted by Crippen LogP contribution is 2.22. The van der Waals surface area contributed by atoms with E-state index >= 15 is 0 Å². The molecule has 0 unspecified atom stereocenters. The highest BCUT2D eigenvalue weighted by atomic mass is 35.5. The molecule has 4 N–H and O–H groups in total. The molecule has 1 aromatic heterocycles. The zero-order chi connectivity index (χ0) is 22.8. The zero-order valence-electron chi connectivity index (χ0n) is 17.2. The number of amides is 3. The molecule has 1 saturated heterocycles. The molecule has 2 aromatic carbocycles. The van der Waals surface area contributed by atoms with E-state index < -0.39 is 18.2 Å². The van der Waals surface area contributed by atoms with Crippen molar-refractivity contribution in [3.63, 3.8) is 0 Å². The summed E-state index contributed by atoms with van der Waals surface area (Å²) >= 11 is 7.26. The number of carbonyl (C=O) groups is 2. The van der Waals surface area contributed by atoms with Crippen molar-refractivity contribution in [1.82, 2.24) is 9.47 Å². The molecule has 0 aliphatic carbocycles. The van der Waals surface area contributed by atoms with Crippen molar-refractivity contribution in [3.05, 3.63) is 69.4 Å². The maximum absolute atomic E-state index is 12.9. The van der Waals surface area contributed by atoms with E-state index in [0.717, 1.165) is 10.6 Å². The van der Waals surface area contributed by atoms with Crippen molar-refractivity contribution in [2.24, 2.45) is 0 Å². The Labute approximate surface area is 193 Å². The van der Waals surface area contributed by atoms with Crippen LogP contribution in [0.4, 0.5) is 16.2 Å². The van der Waals surface area contributed by atoms with E-state index in [1.807, 2.05) is 25.3 Å². The number of nitrogens with one attached hydrogen (secondary N) is 3. The third-order valence-corrected chi connectivity index (χ3v) is 6.21. The second-order valence-corrected chi connectivity index (χ2v) is 9.22. The Morgan fingerprint density at radius 2 is 1.72 bits per heavy atom. The van der Waals surface area contributed by atoms with Crippen LogP contribution in [0, 0.1) is 12.3 Å². The molecule has 32 heavy (non-hydrogen) atoms. The molecular weight excluding hydrogens is 450 g/mol. The van der Waals surface area contributed by atoms with Crippen LogP contribution in [0.1, 0.15) is 11.3 Å². The van der Waals surface area contributed by atoms with Crippen molar-refractivity contribution < 1.29 is 14.7 Å². The van der Waals surface area contributed by atoms with Gasteiger partial charge in [-0.1, -0.05) is 11.6 Å². The summed E-state index contributed by atoms with van der Waals surface area (Å²) in [6.07, 6.45) is 1.26. The highest BCUT2D eigenvalue weighted by molar-refractivity contribution is 7.09. The monoisotopic (exact) mass is 471 g/mol. The van der Waals surface area contributed by atoms with Crippen LogP contribution in [0.3, 0.4) is 0 Å². The number of anilines is 2. The quantitative estimate of drug-likeness (QED) is 0.466. The number of urea groups is 1. The van der Waals surface area contributed by atoms with Crippen molar-refractivity contribution in [2.45, 2.75) is 25.5 Å². The number of hydrogen-bond donors (Lipinski definition) is 4. The summed E-state index contributed by atoms with van der Waals surface area (Å²) in [6.45, 7) is 2.01. The standard InChI is InChI=1S/C22H22ClN5O3S/c1-13-11-27(21(24)32-13)17-8-6-15(7-9-17)25-20(30)19-10-18(29)12-28(19)22(31)26-16-4-2-14(23)3-5-16/h2-9,11,18-19,24,29H,10,12H2,1H3,(H,25,30)(H,26,31)/t18-,19-/m1/s1. The first-order chi connectivity index (χ1) is 15.3. The zero-order valence-corrected chi connectivity index (χ0v) is 18.8. The Bertz CT molecular complexity index is 1190. The van der Waals surface area contributed by atoms with E-state index in [4.69, 9.17) is 17.0 Å². The Morgan fingerprint density at radius 3 is 2.34 bits per heavy atom. The molecular formula is C22H22ClN5O3S. The summed E-state index contributed by atoms with van der Waals surface area (Å²) in [6, 6.07) is 12.5. The number of β-amino-alcohol motifs (C(OH)–C–C–N with tert-alkyl or cyclic N) is 1. The van der Waals surface area contributed by atoms with Crippen molar-refractivity contribution >= 4 is 46.3 Å². The van der Waals surface area contributed by atoms with Crippen molar-refractivity contribution in [3.8, 4) is 5.69 Å². The van der Waals surface area contributed by atoms with Gasteiger partial charge in [0.05, 0.1) is 6.10 Å².